The van der Waals surface area contributed by atoms with Crippen LogP contribution in [-0.2, 0) is 4.79 Å². The first-order valence-electron chi connectivity index (χ1n) is 5.31. The number of rotatable bonds is 5. The molecule has 0 atom stereocenters. The van der Waals surface area contributed by atoms with Crippen LogP contribution in [0.25, 0.3) is 0 Å². The van der Waals surface area contributed by atoms with Gasteiger partial charge in [-0.15, -0.1) is 0 Å². The Balaban J connectivity index is 2.67. The normalized spacial score (nSPS) is 9.76. The summed E-state index contributed by atoms with van der Waals surface area (Å²) < 4.78 is 5.09. The molecule has 0 radical (unpaired) electrons. The number of hydrogen-bond donors (Lipinski definition) is 1. The van der Waals surface area contributed by atoms with Gasteiger partial charge in [0.2, 0.25) is 0 Å². The van der Waals surface area contributed by atoms with E-state index in [1.807, 2.05) is 6.92 Å². The Bertz CT molecular complexity index is 401. The van der Waals surface area contributed by atoms with Crippen LogP contribution in [0, 0.1) is 0 Å². The van der Waals surface area contributed by atoms with Crippen LogP contribution in [0.3, 0.4) is 0 Å². The van der Waals surface area contributed by atoms with Crippen LogP contribution in [0.1, 0.15) is 17.3 Å². The van der Waals surface area contributed by atoms with Crippen molar-refractivity contribution in [2.75, 3.05) is 20.2 Å². The van der Waals surface area contributed by atoms with Crippen molar-refractivity contribution in [3.05, 3.63) is 29.8 Å². The zero-order valence-corrected chi connectivity index (χ0v) is 9.97. The zero-order chi connectivity index (χ0) is 12.8. The minimum absolute atomic E-state index is 0.0473. The molecule has 92 valence electrons. The number of carbonyl (C=O) groups excluding carboxylic acids is 2. The lowest BCUT2D eigenvalue weighted by molar-refractivity contribution is -0.119. The fourth-order valence-electron chi connectivity index (χ4n) is 1.21. The maximum atomic E-state index is 11.8. The highest BCUT2D eigenvalue weighted by Crippen LogP contribution is 2.13. The molecule has 17 heavy (non-hydrogen) atoms. The van der Waals surface area contributed by atoms with E-state index in [4.69, 9.17) is 10.5 Å². The van der Waals surface area contributed by atoms with Gasteiger partial charge in [-0.05, 0) is 31.2 Å². The number of amides is 2. The molecule has 5 heteroatoms. The molecule has 0 aliphatic carbocycles. The van der Waals surface area contributed by atoms with Crippen molar-refractivity contribution < 1.29 is 14.3 Å². The first-order valence-corrected chi connectivity index (χ1v) is 5.31. The second kappa shape index (κ2) is 5.89. The van der Waals surface area contributed by atoms with E-state index in [0.29, 0.717) is 17.9 Å². The van der Waals surface area contributed by atoms with E-state index >= 15 is 0 Å². The molecule has 1 rings (SSSR count). The molecule has 0 saturated carbocycles. The summed E-state index contributed by atoms with van der Waals surface area (Å²) in [5, 5.41) is 0. The second-order valence-electron chi connectivity index (χ2n) is 3.60. The van der Waals surface area contributed by atoms with E-state index < -0.39 is 5.91 Å². The molecule has 0 aliphatic heterocycles. The lowest BCUT2D eigenvalue weighted by Gasteiger charge is -2.14. The summed E-state index contributed by atoms with van der Waals surface area (Å²) in [4.78, 5) is 23.9. The number of nitrogens with two attached hydrogens (primary N) is 1. The van der Waals surface area contributed by atoms with E-state index in [1.165, 1.54) is 0 Å². The molecular formula is C12H16N2O3. The Labute approximate surface area is 100 Å². The van der Waals surface area contributed by atoms with Gasteiger partial charge in [0.05, 0.1) is 0 Å². The van der Waals surface area contributed by atoms with Gasteiger partial charge in [-0.2, -0.15) is 0 Å². The Morgan fingerprint density at radius 2 is 1.88 bits per heavy atom. The van der Waals surface area contributed by atoms with Crippen molar-refractivity contribution in [1.29, 1.82) is 0 Å². The first-order chi connectivity index (χ1) is 8.04. The Morgan fingerprint density at radius 1 is 1.29 bits per heavy atom. The summed E-state index contributed by atoms with van der Waals surface area (Å²) in [5.74, 6) is -0.0654. The average Bonchev–Trinajstić information content (AvgIpc) is 2.35. The predicted octanol–water partition coefficient (Wildman–Crippen LogP) is 0.643. The highest BCUT2D eigenvalue weighted by atomic mass is 16.5. The summed E-state index contributed by atoms with van der Waals surface area (Å²) in [6, 6.07) is 6.59. The smallest absolute Gasteiger partial charge is 0.255 e. The van der Waals surface area contributed by atoms with Gasteiger partial charge < -0.3 is 15.4 Å². The third-order valence-electron chi connectivity index (χ3n) is 2.30. The van der Waals surface area contributed by atoms with Gasteiger partial charge in [-0.3, -0.25) is 9.59 Å². The summed E-state index contributed by atoms with van der Waals surface area (Å²) in [5.41, 5.74) is 5.54. The highest BCUT2D eigenvalue weighted by Gasteiger charge is 2.09. The van der Waals surface area contributed by atoms with E-state index in [9.17, 15) is 9.59 Å². The molecule has 1 aromatic carbocycles. The van der Waals surface area contributed by atoms with Crippen LogP contribution in [-0.4, -0.2) is 36.9 Å². The fraction of sp³-hybridized carbons (Fsp3) is 0.333. The largest absolute Gasteiger partial charge is 0.484 e. The molecule has 0 aliphatic rings. The number of nitrogens with zero attached hydrogens (tertiary/aromatic N) is 1. The van der Waals surface area contributed by atoms with Gasteiger partial charge in [-0.25, -0.2) is 0 Å². The number of benzene rings is 1. The fourth-order valence-corrected chi connectivity index (χ4v) is 1.21. The first kappa shape index (κ1) is 13.0. The monoisotopic (exact) mass is 236 g/mol. The number of ether oxygens (including phenoxy) is 1. The molecule has 0 saturated heterocycles. The number of hydrogen-bond acceptors (Lipinski definition) is 3. The molecule has 0 heterocycles. The lowest BCUT2D eigenvalue weighted by Crippen LogP contribution is -2.26. The van der Waals surface area contributed by atoms with Crippen molar-refractivity contribution in [2.45, 2.75) is 6.92 Å². The molecule has 0 spiro atoms. The summed E-state index contributed by atoms with van der Waals surface area (Å²) in [7, 11) is 1.74. The van der Waals surface area contributed by atoms with E-state index in [-0.39, 0.29) is 12.5 Å². The molecule has 0 fully saturated rings. The molecule has 0 unspecified atom stereocenters. The topological polar surface area (TPSA) is 72.6 Å². The minimum Gasteiger partial charge on any atom is -0.484 e. The van der Waals surface area contributed by atoms with Gasteiger partial charge >= 0.3 is 0 Å². The van der Waals surface area contributed by atoms with Crippen molar-refractivity contribution in [1.82, 2.24) is 4.90 Å². The summed E-state index contributed by atoms with van der Waals surface area (Å²) in [6.07, 6.45) is 0. The van der Waals surface area contributed by atoms with Crippen LogP contribution < -0.4 is 10.5 Å². The lowest BCUT2D eigenvalue weighted by atomic mass is 10.2. The van der Waals surface area contributed by atoms with Gasteiger partial charge in [0.15, 0.2) is 6.61 Å². The molecule has 5 nitrogen and oxygen atoms in total. The van der Waals surface area contributed by atoms with Gasteiger partial charge in [0, 0.05) is 19.2 Å². The third kappa shape index (κ3) is 3.79. The predicted molar refractivity (Wildman–Crippen MR) is 63.8 cm³/mol. The van der Waals surface area contributed by atoms with Crippen molar-refractivity contribution in [3.8, 4) is 5.75 Å². The molecule has 0 bridgehead atoms. The summed E-state index contributed by atoms with van der Waals surface area (Å²) >= 11 is 0. The molecule has 0 aromatic heterocycles. The van der Waals surface area contributed by atoms with Crippen LogP contribution >= 0.6 is 0 Å². The number of primary amides is 1. The SMILES string of the molecule is CCN(C)C(=O)c1ccc(OCC(N)=O)cc1. The zero-order valence-electron chi connectivity index (χ0n) is 9.97. The van der Waals surface area contributed by atoms with E-state index in [1.54, 1.807) is 36.2 Å². The molecule has 1 aromatic rings. The standard InChI is InChI=1S/C12H16N2O3/c1-3-14(2)12(16)9-4-6-10(7-5-9)17-8-11(13)15/h4-7H,3,8H2,1-2H3,(H2,13,15). The molecule has 2 amide bonds. The van der Waals surface area contributed by atoms with Gasteiger partial charge in [0.1, 0.15) is 5.75 Å². The number of carbonyl (C=O) groups is 2. The maximum absolute atomic E-state index is 11.8. The summed E-state index contributed by atoms with van der Waals surface area (Å²) in [6.45, 7) is 2.39. The second-order valence-corrected chi connectivity index (χ2v) is 3.60. The van der Waals surface area contributed by atoms with Crippen LogP contribution in [0.15, 0.2) is 24.3 Å². The Hall–Kier alpha value is -2.04. The Morgan fingerprint density at radius 3 is 2.35 bits per heavy atom. The third-order valence-corrected chi connectivity index (χ3v) is 2.30. The van der Waals surface area contributed by atoms with Gasteiger partial charge in [0.25, 0.3) is 11.8 Å². The molecule has 2 N–H and O–H groups in total. The van der Waals surface area contributed by atoms with Gasteiger partial charge in [-0.1, -0.05) is 0 Å². The quantitative estimate of drug-likeness (QED) is 0.815. The van der Waals surface area contributed by atoms with Crippen LogP contribution in [0.4, 0.5) is 0 Å². The van der Waals surface area contributed by atoms with Crippen molar-refractivity contribution in [2.24, 2.45) is 5.73 Å². The van der Waals surface area contributed by atoms with Crippen molar-refractivity contribution >= 4 is 11.8 Å². The minimum atomic E-state index is -0.532. The van der Waals surface area contributed by atoms with E-state index in [0.717, 1.165) is 0 Å². The molecular weight excluding hydrogens is 220 g/mol. The van der Waals surface area contributed by atoms with Crippen molar-refractivity contribution in [3.63, 3.8) is 0 Å². The van der Waals surface area contributed by atoms with Crippen LogP contribution in [0.5, 0.6) is 5.75 Å². The maximum Gasteiger partial charge on any atom is 0.255 e. The highest BCUT2D eigenvalue weighted by molar-refractivity contribution is 5.94. The average molecular weight is 236 g/mol. The van der Waals surface area contributed by atoms with E-state index in [2.05, 4.69) is 0 Å². The van der Waals surface area contributed by atoms with Crippen LogP contribution in [0.2, 0.25) is 0 Å². The Kier molecular flexibility index (Phi) is 4.51.